The second-order valence-electron chi connectivity index (χ2n) is 3.95. The number of hydrogen-bond acceptors (Lipinski definition) is 5. The Morgan fingerprint density at radius 1 is 1.25 bits per heavy atom. The fraction of sp³-hybridized carbons (Fsp3) is 0.231. The lowest BCUT2D eigenvalue weighted by Gasteiger charge is -2.10. The molecule has 1 aromatic rings. The second kappa shape index (κ2) is 6.07. The fourth-order valence-corrected chi connectivity index (χ4v) is 1.70. The Bertz CT molecular complexity index is 568. The summed E-state index contributed by atoms with van der Waals surface area (Å²) in [6.07, 6.45) is 1.53. The Morgan fingerprint density at radius 3 is 2.65 bits per heavy atom. The minimum absolute atomic E-state index is 0.0961. The van der Waals surface area contributed by atoms with E-state index in [-0.39, 0.29) is 18.9 Å². The van der Waals surface area contributed by atoms with Crippen LogP contribution in [0.5, 0.6) is 11.5 Å². The Balaban J connectivity index is 2.23. The molecule has 20 heavy (non-hydrogen) atoms. The average Bonchev–Trinajstić information content (AvgIpc) is 2.75. The lowest BCUT2D eigenvalue weighted by molar-refractivity contribution is -0.115. The second-order valence-corrected chi connectivity index (χ2v) is 3.95. The molecular weight excluding hydrogens is 264 g/mol. The maximum Gasteiger partial charge on any atom is 0.326 e. The van der Waals surface area contributed by atoms with E-state index in [4.69, 9.17) is 14.6 Å². The third-order valence-electron chi connectivity index (χ3n) is 2.57. The number of rotatable bonds is 5. The van der Waals surface area contributed by atoms with E-state index in [1.165, 1.54) is 13.2 Å². The number of hydrogen-bond donors (Lipinski definition) is 3. The molecule has 106 valence electrons. The zero-order chi connectivity index (χ0) is 14.5. The van der Waals surface area contributed by atoms with Crippen molar-refractivity contribution in [3.8, 4) is 11.5 Å². The van der Waals surface area contributed by atoms with Gasteiger partial charge < -0.3 is 19.9 Å². The zero-order valence-electron chi connectivity index (χ0n) is 10.8. The van der Waals surface area contributed by atoms with E-state index < -0.39 is 11.9 Å². The number of aliphatic hydroxyl groups is 1. The molecule has 1 fully saturated rings. The van der Waals surface area contributed by atoms with Crippen LogP contribution in [0.1, 0.15) is 5.56 Å². The lowest BCUT2D eigenvalue weighted by Crippen LogP contribution is -2.22. The number of amides is 3. The highest BCUT2D eigenvalue weighted by molar-refractivity contribution is 6.13. The van der Waals surface area contributed by atoms with Crippen molar-refractivity contribution in [1.82, 2.24) is 10.6 Å². The van der Waals surface area contributed by atoms with Gasteiger partial charge in [0.25, 0.3) is 5.91 Å². The number of ether oxygens (including phenoxy) is 2. The minimum Gasteiger partial charge on any atom is -0.493 e. The molecule has 0 unspecified atom stereocenters. The van der Waals surface area contributed by atoms with E-state index >= 15 is 0 Å². The molecule has 1 aromatic carbocycles. The summed E-state index contributed by atoms with van der Waals surface area (Å²) in [5, 5.41) is 13.2. The minimum atomic E-state index is -0.545. The quantitative estimate of drug-likeness (QED) is 0.530. The Hall–Kier alpha value is -2.54. The summed E-state index contributed by atoms with van der Waals surface area (Å²) in [4.78, 5) is 22.4. The van der Waals surface area contributed by atoms with Crippen LogP contribution in [-0.2, 0) is 4.79 Å². The van der Waals surface area contributed by atoms with Gasteiger partial charge in [0.15, 0.2) is 11.5 Å². The summed E-state index contributed by atoms with van der Waals surface area (Å²) in [5.74, 6) is 0.482. The Labute approximate surface area is 115 Å². The van der Waals surface area contributed by atoms with Crippen LogP contribution in [0.2, 0.25) is 0 Å². The van der Waals surface area contributed by atoms with E-state index in [0.717, 1.165) is 0 Å². The summed E-state index contributed by atoms with van der Waals surface area (Å²) in [7, 11) is 1.49. The summed E-state index contributed by atoms with van der Waals surface area (Å²) in [5.41, 5.74) is 0.839. The van der Waals surface area contributed by atoms with Crippen LogP contribution < -0.4 is 20.1 Å². The highest BCUT2D eigenvalue weighted by Gasteiger charge is 2.22. The van der Waals surface area contributed by atoms with Crippen molar-refractivity contribution in [2.24, 2.45) is 0 Å². The average molecular weight is 278 g/mol. The van der Waals surface area contributed by atoms with Crippen LogP contribution in [-0.4, -0.2) is 37.4 Å². The van der Waals surface area contributed by atoms with Crippen LogP contribution in [0, 0.1) is 0 Å². The van der Waals surface area contributed by atoms with E-state index in [2.05, 4.69) is 10.6 Å². The van der Waals surface area contributed by atoms with Crippen LogP contribution in [0.15, 0.2) is 23.9 Å². The summed E-state index contributed by atoms with van der Waals surface area (Å²) >= 11 is 0. The molecule has 0 atom stereocenters. The molecule has 3 N–H and O–H groups in total. The molecule has 1 saturated heterocycles. The number of methoxy groups -OCH3 is 1. The molecular formula is C13H14N2O5. The van der Waals surface area contributed by atoms with E-state index in [1.54, 1.807) is 18.2 Å². The number of benzene rings is 1. The maximum absolute atomic E-state index is 11.4. The molecule has 0 spiro atoms. The first-order valence-electron chi connectivity index (χ1n) is 5.90. The number of urea groups is 1. The molecule has 7 heteroatoms. The van der Waals surface area contributed by atoms with Gasteiger partial charge in [-0.1, -0.05) is 6.07 Å². The first kappa shape index (κ1) is 13.9. The molecule has 0 bridgehead atoms. The van der Waals surface area contributed by atoms with E-state index in [1.807, 2.05) is 0 Å². The molecule has 2 rings (SSSR count). The molecule has 1 heterocycles. The predicted molar refractivity (Wildman–Crippen MR) is 70.2 cm³/mol. The van der Waals surface area contributed by atoms with Gasteiger partial charge in [0.2, 0.25) is 0 Å². The maximum atomic E-state index is 11.4. The molecule has 1 aliphatic rings. The normalized spacial score (nSPS) is 16.0. The number of aliphatic hydroxyl groups excluding tert-OH is 1. The van der Waals surface area contributed by atoms with Crippen molar-refractivity contribution in [3.63, 3.8) is 0 Å². The van der Waals surface area contributed by atoms with Gasteiger partial charge in [-0.3, -0.25) is 10.1 Å². The molecule has 3 amide bonds. The first-order chi connectivity index (χ1) is 9.63. The van der Waals surface area contributed by atoms with Gasteiger partial charge in [0, 0.05) is 0 Å². The smallest absolute Gasteiger partial charge is 0.326 e. The van der Waals surface area contributed by atoms with Gasteiger partial charge in [-0.25, -0.2) is 4.79 Å². The predicted octanol–water partition coefficient (Wildman–Crippen LogP) is 0.247. The number of carbonyl (C=O) groups is 2. The van der Waals surface area contributed by atoms with Crippen molar-refractivity contribution in [2.45, 2.75) is 0 Å². The standard InChI is InChI=1S/C13H14N2O5/c1-19-11-7-8(2-3-10(11)20-5-4-16)6-9-12(17)15-13(18)14-9/h2-3,6-7,16H,4-5H2,1H3,(H2,14,15,17,18). The SMILES string of the molecule is COc1cc(C=C2NC(=O)NC2=O)ccc1OCCO. The van der Waals surface area contributed by atoms with Crippen LogP contribution in [0.4, 0.5) is 4.79 Å². The fourth-order valence-electron chi connectivity index (χ4n) is 1.70. The summed E-state index contributed by atoms with van der Waals surface area (Å²) < 4.78 is 10.5. The zero-order valence-corrected chi connectivity index (χ0v) is 10.8. The third kappa shape index (κ3) is 3.07. The monoisotopic (exact) mass is 278 g/mol. The first-order valence-corrected chi connectivity index (χ1v) is 5.90. The van der Waals surface area contributed by atoms with Gasteiger partial charge in [0.05, 0.1) is 13.7 Å². The number of carbonyl (C=O) groups excluding carboxylic acids is 2. The van der Waals surface area contributed by atoms with E-state index in [0.29, 0.717) is 17.1 Å². The van der Waals surface area contributed by atoms with Crippen LogP contribution in [0.25, 0.3) is 6.08 Å². The molecule has 0 aromatic heterocycles. The van der Waals surface area contributed by atoms with Gasteiger partial charge in [-0.05, 0) is 23.8 Å². The largest absolute Gasteiger partial charge is 0.493 e. The van der Waals surface area contributed by atoms with Crippen molar-refractivity contribution in [1.29, 1.82) is 0 Å². The third-order valence-corrected chi connectivity index (χ3v) is 2.57. The Morgan fingerprint density at radius 2 is 2.05 bits per heavy atom. The van der Waals surface area contributed by atoms with Crippen molar-refractivity contribution >= 4 is 18.0 Å². The van der Waals surface area contributed by atoms with Gasteiger partial charge in [-0.15, -0.1) is 0 Å². The van der Waals surface area contributed by atoms with Gasteiger partial charge >= 0.3 is 6.03 Å². The summed E-state index contributed by atoms with van der Waals surface area (Å²) in [6.45, 7) is 0.0659. The highest BCUT2D eigenvalue weighted by atomic mass is 16.5. The summed E-state index contributed by atoms with van der Waals surface area (Å²) in [6, 6.07) is 4.49. The van der Waals surface area contributed by atoms with Crippen molar-refractivity contribution < 1.29 is 24.2 Å². The van der Waals surface area contributed by atoms with Crippen LogP contribution in [0.3, 0.4) is 0 Å². The highest BCUT2D eigenvalue weighted by Crippen LogP contribution is 2.28. The number of nitrogens with one attached hydrogen (secondary N) is 2. The van der Waals surface area contributed by atoms with E-state index in [9.17, 15) is 9.59 Å². The topological polar surface area (TPSA) is 96.9 Å². The van der Waals surface area contributed by atoms with Crippen molar-refractivity contribution in [2.75, 3.05) is 20.3 Å². The lowest BCUT2D eigenvalue weighted by atomic mass is 10.1. The molecule has 7 nitrogen and oxygen atoms in total. The van der Waals surface area contributed by atoms with Gasteiger partial charge in [-0.2, -0.15) is 0 Å². The van der Waals surface area contributed by atoms with Crippen LogP contribution >= 0.6 is 0 Å². The molecule has 0 saturated carbocycles. The molecule has 1 aliphatic heterocycles. The van der Waals surface area contributed by atoms with Crippen molar-refractivity contribution in [3.05, 3.63) is 29.5 Å². The van der Waals surface area contributed by atoms with Gasteiger partial charge in [0.1, 0.15) is 12.3 Å². The molecule has 0 radical (unpaired) electrons. The number of imide groups is 1. The molecule has 0 aliphatic carbocycles. The Kier molecular flexibility index (Phi) is 4.21.